The molecule has 4 rings (SSSR count). The van der Waals surface area contributed by atoms with Gasteiger partial charge in [0, 0.05) is 18.2 Å². The Morgan fingerprint density at radius 2 is 2.00 bits per heavy atom. The molecule has 2 saturated carbocycles. The molecule has 2 aliphatic carbocycles. The fraction of sp³-hybridized carbons (Fsp3) is 0.556. The number of esters is 1. The van der Waals surface area contributed by atoms with Crippen molar-refractivity contribution >= 4 is 17.6 Å². The van der Waals surface area contributed by atoms with Crippen molar-refractivity contribution in [3.05, 3.63) is 18.2 Å². The summed E-state index contributed by atoms with van der Waals surface area (Å²) in [4.78, 5) is 23.8. The lowest BCUT2D eigenvalue weighted by molar-refractivity contribution is -0.286. The molecule has 1 aromatic rings. The van der Waals surface area contributed by atoms with Crippen LogP contribution in [0.1, 0.15) is 32.1 Å². The molecule has 1 heterocycles. The van der Waals surface area contributed by atoms with E-state index in [0.29, 0.717) is 18.3 Å². The van der Waals surface area contributed by atoms with Gasteiger partial charge >= 0.3 is 12.3 Å². The van der Waals surface area contributed by atoms with Crippen molar-refractivity contribution in [2.75, 3.05) is 11.9 Å². The van der Waals surface area contributed by atoms with Crippen LogP contribution in [0.3, 0.4) is 0 Å². The Hall–Kier alpha value is -2.38. The first kappa shape index (κ1) is 17.1. The lowest BCUT2D eigenvalue weighted by Crippen LogP contribution is -2.26. The maximum atomic E-state index is 13.0. The first-order valence-electron chi connectivity index (χ1n) is 8.73. The molecule has 2 fully saturated rings. The SMILES string of the molecule is O=C(COC(=O)C[C@@H]1C[C@H]2CC[C@@H]1C2)Nc1ccc2c(c1)OC(F)(F)O2. The van der Waals surface area contributed by atoms with Gasteiger partial charge in [0.25, 0.3) is 5.91 Å². The Balaban J connectivity index is 1.24. The highest BCUT2D eigenvalue weighted by Crippen LogP contribution is 2.49. The predicted molar refractivity (Wildman–Crippen MR) is 85.8 cm³/mol. The molecule has 8 heteroatoms. The van der Waals surface area contributed by atoms with Gasteiger partial charge in [-0.2, -0.15) is 0 Å². The fourth-order valence-corrected chi connectivity index (χ4v) is 4.27. The Labute approximate surface area is 148 Å². The summed E-state index contributed by atoms with van der Waals surface area (Å²) in [6.45, 7) is -0.412. The zero-order chi connectivity index (χ0) is 18.3. The number of alkyl halides is 2. The third-order valence-electron chi connectivity index (χ3n) is 5.36. The number of carbonyl (C=O) groups is 2. The summed E-state index contributed by atoms with van der Waals surface area (Å²) in [7, 11) is 0. The molecule has 1 aliphatic heterocycles. The van der Waals surface area contributed by atoms with Crippen molar-refractivity contribution in [1.82, 2.24) is 0 Å². The molecule has 0 radical (unpaired) electrons. The van der Waals surface area contributed by atoms with Crippen LogP contribution in [-0.2, 0) is 14.3 Å². The van der Waals surface area contributed by atoms with Gasteiger partial charge in [-0.05, 0) is 49.1 Å². The maximum absolute atomic E-state index is 13.0. The molecule has 6 nitrogen and oxygen atoms in total. The predicted octanol–water partition coefficient (Wildman–Crippen LogP) is 3.32. The molecular weight excluding hydrogens is 348 g/mol. The normalized spacial score (nSPS) is 27.4. The Morgan fingerprint density at radius 3 is 2.73 bits per heavy atom. The van der Waals surface area contributed by atoms with Gasteiger partial charge in [0.2, 0.25) is 0 Å². The molecule has 3 aliphatic rings. The van der Waals surface area contributed by atoms with Gasteiger partial charge in [0.1, 0.15) is 0 Å². The summed E-state index contributed by atoms with van der Waals surface area (Å²) in [6, 6.07) is 3.90. The number of nitrogens with one attached hydrogen (secondary N) is 1. The van der Waals surface area contributed by atoms with E-state index in [0.717, 1.165) is 12.3 Å². The fourth-order valence-electron chi connectivity index (χ4n) is 4.27. The summed E-state index contributed by atoms with van der Waals surface area (Å²) in [5.41, 5.74) is 0.249. The summed E-state index contributed by atoms with van der Waals surface area (Å²) in [6.07, 6.45) is 1.38. The average Bonchev–Trinajstić information content (AvgIpc) is 3.25. The molecule has 3 atom stereocenters. The van der Waals surface area contributed by atoms with Crippen molar-refractivity contribution in [2.45, 2.75) is 38.4 Å². The zero-order valence-corrected chi connectivity index (χ0v) is 14.0. The number of hydrogen-bond donors (Lipinski definition) is 1. The molecule has 1 N–H and O–H groups in total. The molecule has 1 aromatic carbocycles. The van der Waals surface area contributed by atoms with Crippen LogP contribution in [-0.4, -0.2) is 24.8 Å². The van der Waals surface area contributed by atoms with Crippen molar-refractivity contribution in [2.24, 2.45) is 17.8 Å². The molecule has 0 saturated heterocycles. The van der Waals surface area contributed by atoms with E-state index in [1.165, 1.54) is 37.5 Å². The van der Waals surface area contributed by atoms with E-state index in [-0.39, 0.29) is 23.2 Å². The average molecular weight is 367 g/mol. The van der Waals surface area contributed by atoms with E-state index in [2.05, 4.69) is 14.8 Å². The molecule has 26 heavy (non-hydrogen) atoms. The van der Waals surface area contributed by atoms with Gasteiger partial charge in [-0.25, -0.2) is 0 Å². The lowest BCUT2D eigenvalue weighted by Gasteiger charge is -2.20. The second-order valence-corrected chi connectivity index (χ2v) is 7.18. The highest BCUT2D eigenvalue weighted by Gasteiger charge is 2.43. The van der Waals surface area contributed by atoms with E-state index >= 15 is 0 Å². The topological polar surface area (TPSA) is 73.9 Å². The molecule has 0 aromatic heterocycles. The van der Waals surface area contributed by atoms with Crippen molar-refractivity contribution in [3.8, 4) is 11.5 Å². The first-order chi connectivity index (χ1) is 12.4. The van der Waals surface area contributed by atoms with Gasteiger partial charge in [-0.3, -0.25) is 9.59 Å². The van der Waals surface area contributed by atoms with Gasteiger partial charge < -0.3 is 19.5 Å². The van der Waals surface area contributed by atoms with Crippen LogP contribution >= 0.6 is 0 Å². The summed E-state index contributed by atoms with van der Waals surface area (Å²) >= 11 is 0. The highest BCUT2D eigenvalue weighted by molar-refractivity contribution is 5.93. The number of benzene rings is 1. The third-order valence-corrected chi connectivity index (χ3v) is 5.36. The molecular formula is C18H19F2NO5. The lowest BCUT2D eigenvalue weighted by atomic mass is 9.86. The number of fused-ring (bicyclic) bond motifs is 3. The van der Waals surface area contributed by atoms with Gasteiger partial charge in [0.05, 0.1) is 0 Å². The second-order valence-electron chi connectivity index (χ2n) is 7.18. The quantitative estimate of drug-likeness (QED) is 0.808. The van der Waals surface area contributed by atoms with Gasteiger partial charge in [0.15, 0.2) is 18.1 Å². The largest absolute Gasteiger partial charge is 0.586 e. The number of amides is 1. The van der Waals surface area contributed by atoms with E-state index in [9.17, 15) is 18.4 Å². The van der Waals surface area contributed by atoms with E-state index in [1.807, 2.05) is 0 Å². The van der Waals surface area contributed by atoms with Gasteiger partial charge in [-0.15, -0.1) is 8.78 Å². The molecule has 140 valence electrons. The van der Waals surface area contributed by atoms with Crippen LogP contribution in [0.2, 0.25) is 0 Å². The third kappa shape index (κ3) is 3.59. The number of anilines is 1. The van der Waals surface area contributed by atoms with Crippen LogP contribution < -0.4 is 14.8 Å². The molecule has 0 spiro atoms. The summed E-state index contributed by atoms with van der Waals surface area (Å²) < 4.78 is 39.6. The number of rotatable bonds is 5. The molecule has 1 amide bonds. The second kappa shape index (κ2) is 6.41. The van der Waals surface area contributed by atoms with Crippen LogP contribution in [0.15, 0.2) is 18.2 Å². The van der Waals surface area contributed by atoms with Crippen LogP contribution in [0.4, 0.5) is 14.5 Å². The number of carbonyl (C=O) groups excluding carboxylic acids is 2. The van der Waals surface area contributed by atoms with E-state index in [1.54, 1.807) is 0 Å². The van der Waals surface area contributed by atoms with Crippen molar-refractivity contribution < 1.29 is 32.6 Å². The Kier molecular flexibility index (Phi) is 4.20. The van der Waals surface area contributed by atoms with E-state index in [4.69, 9.17) is 4.74 Å². The van der Waals surface area contributed by atoms with E-state index < -0.39 is 18.8 Å². The minimum atomic E-state index is -3.71. The maximum Gasteiger partial charge on any atom is 0.586 e. The van der Waals surface area contributed by atoms with Crippen LogP contribution in [0, 0.1) is 17.8 Å². The first-order valence-corrected chi connectivity index (χ1v) is 8.73. The van der Waals surface area contributed by atoms with Gasteiger partial charge in [-0.1, -0.05) is 6.42 Å². The van der Waals surface area contributed by atoms with Crippen LogP contribution in [0.5, 0.6) is 11.5 Å². The number of hydrogen-bond acceptors (Lipinski definition) is 5. The summed E-state index contributed by atoms with van der Waals surface area (Å²) in [5, 5.41) is 2.48. The molecule has 0 unspecified atom stereocenters. The standard InChI is InChI=1S/C18H19F2NO5/c19-18(20)25-14-4-3-13(8-15(14)26-18)21-16(22)9-24-17(23)7-12-6-10-1-2-11(12)5-10/h3-4,8,10-12H,1-2,5-7,9H2,(H,21,22)/t10-,11+,12-/m0/s1. The zero-order valence-electron chi connectivity index (χ0n) is 14.0. The van der Waals surface area contributed by atoms with Crippen molar-refractivity contribution in [3.63, 3.8) is 0 Å². The number of ether oxygens (including phenoxy) is 3. The summed E-state index contributed by atoms with van der Waals surface area (Å²) in [5.74, 6) is 0.554. The Morgan fingerprint density at radius 1 is 1.19 bits per heavy atom. The number of halogens is 2. The monoisotopic (exact) mass is 367 g/mol. The molecule has 2 bridgehead atoms. The van der Waals surface area contributed by atoms with Crippen LogP contribution in [0.25, 0.3) is 0 Å². The Bertz CT molecular complexity index is 738. The van der Waals surface area contributed by atoms with Crippen molar-refractivity contribution in [1.29, 1.82) is 0 Å². The minimum Gasteiger partial charge on any atom is -0.456 e. The minimum absolute atomic E-state index is 0.106. The smallest absolute Gasteiger partial charge is 0.456 e. The highest BCUT2D eigenvalue weighted by atomic mass is 19.3.